The fourth-order valence-electron chi connectivity index (χ4n) is 1.98. The highest BCUT2D eigenvalue weighted by Gasteiger charge is 2.15. The molecule has 0 bridgehead atoms. The molecule has 0 aliphatic heterocycles. The molecule has 0 saturated carbocycles. The number of hydrogen-bond donors (Lipinski definition) is 1. The first-order valence-electron chi connectivity index (χ1n) is 6.31. The van der Waals surface area contributed by atoms with Gasteiger partial charge in [0, 0.05) is 23.3 Å². The summed E-state index contributed by atoms with van der Waals surface area (Å²) in [5.74, 6) is -0.0534. The van der Waals surface area contributed by atoms with Crippen molar-refractivity contribution in [2.45, 2.75) is 20.3 Å². The first-order valence-corrected chi connectivity index (χ1v) is 7.11. The molecule has 6 heteroatoms. The SMILES string of the molecule is CC(C)CC(=O)N=Nc1c(O)n(C)c2ccc(Br)cc12. The van der Waals surface area contributed by atoms with E-state index in [1.54, 1.807) is 11.6 Å². The Morgan fingerprint density at radius 2 is 2.15 bits per heavy atom. The predicted molar refractivity (Wildman–Crippen MR) is 81.3 cm³/mol. The molecule has 0 radical (unpaired) electrons. The number of nitrogens with zero attached hydrogens (tertiary/aromatic N) is 3. The van der Waals surface area contributed by atoms with Gasteiger partial charge in [-0.1, -0.05) is 29.8 Å². The Hall–Kier alpha value is -1.69. The zero-order valence-corrected chi connectivity index (χ0v) is 13.2. The van der Waals surface area contributed by atoms with E-state index in [9.17, 15) is 9.90 Å². The molecule has 0 unspecified atom stereocenters. The molecule has 0 atom stereocenters. The van der Waals surface area contributed by atoms with Crippen LogP contribution in [0.1, 0.15) is 20.3 Å². The predicted octanol–water partition coefficient (Wildman–Crippen LogP) is 4.30. The molecule has 1 aromatic carbocycles. The van der Waals surface area contributed by atoms with Crippen molar-refractivity contribution in [3.05, 3.63) is 22.7 Å². The molecule has 0 aliphatic rings. The van der Waals surface area contributed by atoms with Crippen LogP contribution in [0.3, 0.4) is 0 Å². The molecule has 0 spiro atoms. The Kier molecular flexibility index (Phi) is 4.23. The molecule has 5 nitrogen and oxygen atoms in total. The third-order valence-corrected chi connectivity index (χ3v) is 3.44. The quantitative estimate of drug-likeness (QED) is 0.848. The van der Waals surface area contributed by atoms with Gasteiger partial charge in [-0.3, -0.25) is 4.79 Å². The van der Waals surface area contributed by atoms with Gasteiger partial charge in [0.05, 0.1) is 5.52 Å². The van der Waals surface area contributed by atoms with Crippen LogP contribution in [0.2, 0.25) is 0 Å². The average Bonchev–Trinajstić information content (AvgIpc) is 2.59. The van der Waals surface area contributed by atoms with Crippen molar-refractivity contribution in [3.8, 4) is 5.88 Å². The molecule has 2 rings (SSSR count). The number of carbonyl (C=O) groups excluding carboxylic acids is 1. The van der Waals surface area contributed by atoms with E-state index >= 15 is 0 Å². The van der Waals surface area contributed by atoms with Crippen molar-refractivity contribution in [1.82, 2.24) is 4.57 Å². The average molecular weight is 338 g/mol. The number of rotatable bonds is 3. The van der Waals surface area contributed by atoms with Crippen LogP contribution in [0.5, 0.6) is 5.88 Å². The van der Waals surface area contributed by atoms with E-state index in [1.165, 1.54) is 0 Å². The highest BCUT2D eigenvalue weighted by molar-refractivity contribution is 9.10. The second-order valence-corrected chi connectivity index (χ2v) is 6.00. The Morgan fingerprint density at radius 1 is 1.45 bits per heavy atom. The largest absolute Gasteiger partial charge is 0.493 e. The Labute approximate surface area is 125 Å². The lowest BCUT2D eigenvalue weighted by Gasteiger charge is -1.97. The summed E-state index contributed by atoms with van der Waals surface area (Å²) < 4.78 is 2.49. The van der Waals surface area contributed by atoms with Crippen molar-refractivity contribution in [2.24, 2.45) is 23.2 Å². The maximum atomic E-state index is 11.6. The van der Waals surface area contributed by atoms with Gasteiger partial charge in [0.15, 0.2) is 5.69 Å². The number of fused-ring (bicyclic) bond motifs is 1. The molecule has 1 amide bonds. The van der Waals surface area contributed by atoms with Gasteiger partial charge < -0.3 is 9.67 Å². The number of aromatic hydroxyl groups is 1. The number of aryl methyl sites for hydroxylation is 1. The first-order chi connectivity index (χ1) is 9.40. The first kappa shape index (κ1) is 14.7. The lowest BCUT2D eigenvalue weighted by molar-refractivity contribution is -0.118. The van der Waals surface area contributed by atoms with E-state index in [0.29, 0.717) is 12.1 Å². The second-order valence-electron chi connectivity index (χ2n) is 5.08. The minimum atomic E-state index is -0.286. The minimum absolute atomic E-state index is 0.000744. The van der Waals surface area contributed by atoms with Crippen LogP contribution < -0.4 is 0 Å². The molecule has 1 aromatic heterocycles. The smallest absolute Gasteiger partial charge is 0.265 e. The standard InChI is InChI=1S/C14H16BrN3O2/c1-8(2)6-12(19)16-17-13-10-7-9(15)4-5-11(10)18(3)14(13)20/h4-5,7-8,20H,6H2,1-3H3. The monoisotopic (exact) mass is 337 g/mol. The summed E-state index contributed by atoms with van der Waals surface area (Å²) in [5, 5.41) is 18.5. The Bertz CT molecular complexity index is 689. The molecular weight excluding hydrogens is 322 g/mol. The maximum Gasteiger partial charge on any atom is 0.265 e. The second kappa shape index (κ2) is 5.75. The van der Waals surface area contributed by atoms with Crippen molar-refractivity contribution < 1.29 is 9.90 Å². The van der Waals surface area contributed by atoms with E-state index in [0.717, 1.165) is 15.4 Å². The van der Waals surface area contributed by atoms with E-state index in [1.807, 2.05) is 32.0 Å². The summed E-state index contributed by atoms with van der Waals surface area (Å²) in [6.45, 7) is 3.89. The summed E-state index contributed by atoms with van der Waals surface area (Å²) in [5.41, 5.74) is 1.15. The highest BCUT2D eigenvalue weighted by atomic mass is 79.9. The minimum Gasteiger partial charge on any atom is -0.493 e. The van der Waals surface area contributed by atoms with Gasteiger partial charge >= 0.3 is 0 Å². The molecule has 2 aromatic rings. The fraction of sp³-hybridized carbons (Fsp3) is 0.357. The van der Waals surface area contributed by atoms with Crippen LogP contribution in [0.4, 0.5) is 5.69 Å². The summed E-state index contributed by atoms with van der Waals surface area (Å²) in [4.78, 5) is 11.6. The zero-order valence-electron chi connectivity index (χ0n) is 11.6. The number of aromatic nitrogens is 1. The lowest BCUT2D eigenvalue weighted by atomic mass is 10.1. The number of amides is 1. The Morgan fingerprint density at radius 3 is 2.80 bits per heavy atom. The summed E-state index contributed by atoms with van der Waals surface area (Å²) in [7, 11) is 1.74. The third kappa shape index (κ3) is 2.90. The van der Waals surface area contributed by atoms with E-state index in [4.69, 9.17) is 0 Å². The van der Waals surface area contributed by atoms with Gasteiger partial charge in [-0.25, -0.2) is 0 Å². The number of benzene rings is 1. The molecule has 20 heavy (non-hydrogen) atoms. The third-order valence-electron chi connectivity index (χ3n) is 2.95. The highest BCUT2D eigenvalue weighted by Crippen LogP contribution is 2.39. The van der Waals surface area contributed by atoms with E-state index in [-0.39, 0.29) is 17.7 Å². The van der Waals surface area contributed by atoms with Crippen molar-refractivity contribution in [2.75, 3.05) is 0 Å². The van der Waals surface area contributed by atoms with Gasteiger partial charge in [0.25, 0.3) is 5.91 Å². The maximum absolute atomic E-state index is 11.6. The van der Waals surface area contributed by atoms with Crippen LogP contribution in [0.15, 0.2) is 32.9 Å². The van der Waals surface area contributed by atoms with Crippen LogP contribution in [0, 0.1) is 5.92 Å². The van der Waals surface area contributed by atoms with Gasteiger partial charge in [-0.05, 0) is 24.1 Å². The number of halogens is 1. The van der Waals surface area contributed by atoms with E-state index in [2.05, 4.69) is 26.2 Å². The van der Waals surface area contributed by atoms with Gasteiger partial charge in [0.2, 0.25) is 5.88 Å². The molecule has 0 fully saturated rings. The molecule has 1 heterocycles. The topological polar surface area (TPSA) is 66.9 Å². The Balaban J connectivity index is 2.44. The van der Waals surface area contributed by atoms with Crippen LogP contribution in [0.25, 0.3) is 10.9 Å². The summed E-state index contributed by atoms with van der Waals surface area (Å²) in [6.07, 6.45) is 0.346. The molecule has 0 aliphatic carbocycles. The number of hydrogen-bond acceptors (Lipinski definition) is 3. The normalized spacial score (nSPS) is 11.8. The molecule has 106 valence electrons. The fourth-order valence-corrected chi connectivity index (χ4v) is 2.34. The van der Waals surface area contributed by atoms with E-state index < -0.39 is 0 Å². The molecule has 0 saturated heterocycles. The summed E-state index contributed by atoms with van der Waals surface area (Å²) in [6, 6.07) is 5.59. The zero-order chi connectivity index (χ0) is 14.9. The van der Waals surface area contributed by atoms with Crippen molar-refractivity contribution in [1.29, 1.82) is 0 Å². The molecular formula is C14H16BrN3O2. The lowest BCUT2D eigenvalue weighted by Crippen LogP contribution is -1.97. The van der Waals surface area contributed by atoms with Gasteiger partial charge in [-0.2, -0.15) is 0 Å². The van der Waals surface area contributed by atoms with Gasteiger partial charge in [0.1, 0.15) is 0 Å². The van der Waals surface area contributed by atoms with Crippen molar-refractivity contribution >= 4 is 38.4 Å². The van der Waals surface area contributed by atoms with Crippen LogP contribution in [-0.4, -0.2) is 15.6 Å². The number of carbonyl (C=O) groups is 1. The van der Waals surface area contributed by atoms with Crippen molar-refractivity contribution in [3.63, 3.8) is 0 Å². The van der Waals surface area contributed by atoms with Gasteiger partial charge in [-0.15, -0.1) is 10.2 Å². The number of azo groups is 1. The van der Waals surface area contributed by atoms with Crippen LogP contribution in [-0.2, 0) is 11.8 Å². The molecule has 1 N–H and O–H groups in total. The summed E-state index contributed by atoms with van der Waals surface area (Å²) >= 11 is 3.38. The van der Waals surface area contributed by atoms with Crippen LogP contribution >= 0.6 is 15.9 Å².